The van der Waals surface area contributed by atoms with Crippen molar-refractivity contribution < 1.29 is 9.53 Å². The van der Waals surface area contributed by atoms with Gasteiger partial charge in [0.25, 0.3) is 0 Å². The lowest BCUT2D eigenvalue weighted by molar-refractivity contribution is -0.0954. The summed E-state index contributed by atoms with van der Waals surface area (Å²) in [6.07, 6.45) is 1.77. The highest BCUT2D eigenvalue weighted by Gasteiger charge is 2.44. The molecule has 1 aromatic rings. The van der Waals surface area contributed by atoms with Crippen LogP contribution in [0.15, 0.2) is 30.3 Å². The Kier molecular flexibility index (Phi) is 4.48. The molecule has 0 bridgehead atoms. The third-order valence-corrected chi connectivity index (χ3v) is 4.76. The first-order valence-electron chi connectivity index (χ1n) is 7.47. The number of rotatable bonds is 3. The fourth-order valence-corrected chi connectivity index (χ4v) is 3.16. The fraction of sp³-hybridized carbons (Fsp3) is 0.588. The highest BCUT2D eigenvalue weighted by Crippen LogP contribution is 2.37. The van der Waals surface area contributed by atoms with Crippen molar-refractivity contribution in [2.75, 3.05) is 13.6 Å². The van der Waals surface area contributed by atoms with E-state index in [0.717, 1.165) is 19.4 Å². The van der Waals surface area contributed by atoms with E-state index in [1.165, 1.54) is 0 Å². The number of hydrogen-bond donors (Lipinski definition) is 0. The summed E-state index contributed by atoms with van der Waals surface area (Å²) in [4.78, 5) is 14.7. The van der Waals surface area contributed by atoms with Crippen molar-refractivity contribution in [3.63, 3.8) is 0 Å². The van der Waals surface area contributed by atoms with E-state index in [1.807, 2.05) is 30.3 Å². The molecule has 3 atom stereocenters. The van der Waals surface area contributed by atoms with E-state index < -0.39 is 0 Å². The summed E-state index contributed by atoms with van der Waals surface area (Å²) in [7, 11) is 2.14. The van der Waals surface area contributed by atoms with Crippen LogP contribution in [-0.4, -0.2) is 36.1 Å². The number of likely N-dealkylation sites (tertiary alicyclic amines) is 1. The SMILES string of the molecule is CC[C@]1(OC(=O)c2ccccc2)C[C@H](C)N(C)C[C@@H]1C. The molecular weight excluding hydrogens is 250 g/mol. The van der Waals surface area contributed by atoms with E-state index in [4.69, 9.17) is 4.74 Å². The zero-order valence-electron chi connectivity index (χ0n) is 12.9. The Hall–Kier alpha value is -1.35. The lowest BCUT2D eigenvalue weighted by atomic mass is 9.77. The van der Waals surface area contributed by atoms with Gasteiger partial charge in [0.2, 0.25) is 0 Å². The average Bonchev–Trinajstić information content (AvgIpc) is 2.45. The number of ether oxygens (including phenoxy) is 1. The average molecular weight is 275 g/mol. The highest BCUT2D eigenvalue weighted by molar-refractivity contribution is 5.89. The predicted molar refractivity (Wildman–Crippen MR) is 80.8 cm³/mol. The number of benzene rings is 1. The summed E-state index contributed by atoms with van der Waals surface area (Å²) in [5.74, 6) is 0.150. The minimum Gasteiger partial charge on any atom is -0.455 e. The molecular formula is C17H25NO2. The number of hydrogen-bond acceptors (Lipinski definition) is 3. The van der Waals surface area contributed by atoms with E-state index in [1.54, 1.807) is 0 Å². The van der Waals surface area contributed by atoms with E-state index in [2.05, 4.69) is 32.7 Å². The summed E-state index contributed by atoms with van der Waals surface area (Å²) in [6.45, 7) is 7.47. The summed E-state index contributed by atoms with van der Waals surface area (Å²) < 4.78 is 5.98. The van der Waals surface area contributed by atoms with Crippen LogP contribution in [0, 0.1) is 5.92 Å². The van der Waals surface area contributed by atoms with Crippen LogP contribution in [0.4, 0.5) is 0 Å². The second kappa shape index (κ2) is 5.96. The summed E-state index contributed by atoms with van der Waals surface area (Å²) >= 11 is 0. The fourth-order valence-electron chi connectivity index (χ4n) is 3.16. The van der Waals surface area contributed by atoms with Crippen LogP contribution < -0.4 is 0 Å². The molecule has 0 aliphatic carbocycles. The maximum absolute atomic E-state index is 12.4. The van der Waals surface area contributed by atoms with Crippen LogP contribution in [0.2, 0.25) is 0 Å². The molecule has 0 aromatic heterocycles. The van der Waals surface area contributed by atoms with Gasteiger partial charge in [-0.3, -0.25) is 0 Å². The Morgan fingerprint density at radius 3 is 2.60 bits per heavy atom. The third-order valence-electron chi connectivity index (χ3n) is 4.76. The van der Waals surface area contributed by atoms with Crippen molar-refractivity contribution in [3.8, 4) is 0 Å². The third kappa shape index (κ3) is 2.88. The Balaban J connectivity index is 2.17. The van der Waals surface area contributed by atoms with Crippen molar-refractivity contribution in [3.05, 3.63) is 35.9 Å². The molecule has 110 valence electrons. The van der Waals surface area contributed by atoms with Crippen LogP contribution >= 0.6 is 0 Å². The molecule has 1 aromatic carbocycles. The van der Waals surface area contributed by atoms with E-state index in [0.29, 0.717) is 17.5 Å². The maximum Gasteiger partial charge on any atom is 0.338 e. The molecule has 1 heterocycles. The molecule has 0 amide bonds. The van der Waals surface area contributed by atoms with Gasteiger partial charge in [0.15, 0.2) is 0 Å². The summed E-state index contributed by atoms with van der Waals surface area (Å²) in [5, 5.41) is 0. The Morgan fingerprint density at radius 1 is 1.35 bits per heavy atom. The van der Waals surface area contributed by atoms with E-state index in [9.17, 15) is 4.79 Å². The molecule has 2 rings (SSSR count). The lowest BCUT2D eigenvalue weighted by Gasteiger charge is -2.47. The van der Waals surface area contributed by atoms with Gasteiger partial charge in [0.1, 0.15) is 5.60 Å². The molecule has 3 nitrogen and oxygen atoms in total. The maximum atomic E-state index is 12.4. The van der Waals surface area contributed by atoms with Gasteiger partial charge in [-0.25, -0.2) is 4.79 Å². The minimum atomic E-state index is -0.334. The number of nitrogens with zero attached hydrogens (tertiary/aromatic N) is 1. The molecule has 1 saturated heterocycles. The Morgan fingerprint density at radius 2 is 2.00 bits per heavy atom. The zero-order chi connectivity index (χ0) is 14.8. The van der Waals surface area contributed by atoms with Crippen LogP contribution in [0.5, 0.6) is 0 Å². The first-order valence-corrected chi connectivity index (χ1v) is 7.47. The molecule has 0 N–H and O–H groups in total. The van der Waals surface area contributed by atoms with Crippen molar-refractivity contribution in [2.45, 2.75) is 45.3 Å². The van der Waals surface area contributed by atoms with Crippen molar-refractivity contribution >= 4 is 5.97 Å². The summed E-state index contributed by atoms with van der Waals surface area (Å²) in [5.41, 5.74) is 0.304. The summed E-state index contributed by atoms with van der Waals surface area (Å²) in [6, 6.07) is 9.72. The van der Waals surface area contributed by atoms with Gasteiger partial charge < -0.3 is 9.64 Å². The normalized spacial score (nSPS) is 31.0. The van der Waals surface area contributed by atoms with Gasteiger partial charge in [-0.05, 0) is 32.5 Å². The number of piperidine rings is 1. The molecule has 0 spiro atoms. The molecule has 0 saturated carbocycles. The highest BCUT2D eigenvalue weighted by atomic mass is 16.6. The standard InChI is InChI=1S/C17H25NO2/c1-5-17(11-14(3)18(4)12-13(17)2)20-16(19)15-9-7-6-8-10-15/h6-10,13-14H,5,11-12H2,1-4H3/t13-,14-,17-/m0/s1. The Bertz CT molecular complexity index is 459. The van der Waals surface area contributed by atoms with Crippen LogP contribution in [0.1, 0.15) is 44.0 Å². The van der Waals surface area contributed by atoms with Crippen molar-refractivity contribution in [1.82, 2.24) is 4.90 Å². The quantitative estimate of drug-likeness (QED) is 0.792. The lowest BCUT2D eigenvalue weighted by Crippen LogP contribution is -2.55. The molecule has 1 aliphatic heterocycles. The van der Waals surface area contributed by atoms with Gasteiger partial charge in [0.05, 0.1) is 5.56 Å². The molecule has 0 unspecified atom stereocenters. The van der Waals surface area contributed by atoms with Crippen LogP contribution in [0.25, 0.3) is 0 Å². The monoisotopic (exact) mass is 275 g/mol. The molecule has 1 aliphatic rings. The first kappa shape index (κ1) is 15.0. The minimum absolute atomic E-state index is 0.198. The molecule has 20 heavy (non-hydrogen) atoms. The second-order valence-corrected chi connectivity index (χ2v) is 6.07. The second-order valence-electron chi connectivity index (χ2n) is 6.07. The first-order chi connectivity index (χ1) is 9.48. The van der Waals surface area contributed by atoms with Gasteiger partial charge in [-0.1, -0.05) is 32.0 Å². The number of carbonyl (C=O) groups is 1. The van der Waals surface area contributed by atoms with Gasteiger partial charge >= 0.3 is 5.97 Å². The van der Waals surface area contributed by atoms with Gasteiger partial charge in [-0.2, -0.15) is 0 Å². The Labute approximate surface area is 121 Å². The predicted octanol–water partition coefficient (Wildman–Crippen LogP) is 3.35. The van der Waals surface area contributed by atoms with Crippen LogP contribution in [0.3, 0.4) is 0 Å². The molecule has 3 heteroatoms. The number of esters is 1. The van der Waals surface area contributed by atoms with Crippen molar-refractivity contribution in [1.29, 1.82) is 0 Å². The van der Waals surface area contributed by atoms with E-state index >= 15 is 0 Å². The molecule has 1 fully saturated rings. The van der Waals surface area contributed by atoms with Crippen molar-refractivity contribution in [2.24, 2.45) is 5.92 Å². The zero-order valence-corrected chi connectivity index (χ0v) is 12.9. The van der Waals surface area contributed by atoms with Crippen LogP contribution in [-0.2, 0) is 4.74 Å². The van der Waals surface area contributed by atoms with Gasteiger partial charge in [-0.15, -0.1) is 0 Å². The molecule has 0 radical (unpaired) electrons. The smallest absolute Gasteiger partial charge is 0.338 e. The van der Waals surface area contributed by atoms with E-state index in [-0.39, 0.29) is 11.6 Å². The van der Waals surface area contributed by atoms with Gasteiger partial charge in [0, 0.05) is 24.9 Å². The number of carbonyl (C=O) groups excluding carboxylic acids is 1. The topological polar surface area (TPSA) is 29.5 Å². The largest absolute Gasteiger partial charge is 0.455 e.